The van der Waals surface area contributed by atoms with Gasteiger partial charge in [0.25, 0.3) is 0 Å². The lowest BCUT2D eigenvalue weighted by Gasteiger charge is -2.32. The number of hydrogen-bond acceptors (Lipinski definition) is 4. The Kier molecular flexibility index (Phi) is 2.66. The summed E-state index contributed by atoms with van der Waals surface area (Å²) in [6.45, 7) is 8.07. The Bertz CT molecular complexity index is 552. The van der Waals surface area contributed by atoms with Gasteiger partial charge in [0.15, 0.2) is 11.5 Å². The molecule has 0 aromatic carbocycles. The smallest absolute Gasteiger partial charge is 0.461 e. The highest BCUT2D eigenvalue weighted by molar-refractivity contribution is 6.60. The topological polar surface area (TPSA) is 44.7 Å². The maximum Gasteiger partial charge on any atom is 0.532 e. The van der Waals surface area contributed by atoms with Gasteiger partial charge in [-0.25, -0.2) is 0 Å². The van der Waals surface area contributed by atoms with Crippen molar-refractivity contribution in [1.82, 2.24) is 0 Å². The lowest BCUT2D eigenvalue weighted by atomic mass is 9.86. The van der Waals surface area contributed by atoms with E-state index in [9.17, 15) is 0 Å². The summed E-state index contributed by atoms with van der Waals surface area (Å²) in [6.07, 6.45) is 1.62. The predicted octanol–water partition coefficient (Wildman–Crippen LogP) is 2.84. The highest BCUT2D eigenvalue weighted by Crippen LogP contribution is 2.36. The van der Waals surface area contributed by atoms with Gasteiger partial charge in [-0.2, -0.15) is 0 Å². The second-order valence-corrected chi connectivity index (χ2v) is 5.77. The summed E-state index contributed by atoms with van der Waals surface area (Å²) in [4.78, 5) is 0. The van der Waals surface area contributed by atoms with Crippen LogP contribution >= 0.6 is 0 Å². The van der Waals surface area contributed by atoms with Crippen molar-refractivity contribution in [3.8, 4) is 11.5 Å². The van der Waals surface area contributed by atoms with Crippen LogP contribution < -0.4 is 5.66 Å². The summed E-state index contributed by atoms with van der Waals surface area (Å²) in [5.74, 6) is 1.37. The minimum Gasteiger partial charge on any atom is -0.461 e. The second-order valence-electron chi connectivity index (χ2n) is 5.77. The van der Waals surface area contributed by atoms with Crippen molar-refractivity contribution >= 4 is 12.8 Å². The average Bonchev–Trinajstić information content (AvgIpc) is 3.00. The molecule has 2 aromatic heterocycles. The minimum absolute atomic E-state index is 0.366. The van der Waals surface area contributed by atoms with Gasteiger partial charge < -0.3 is 18.1 Å². The Hall–Kier alpha value is -1.46. The first-order chi connectivity index (χ1) is 8.89. The summed E-state index contributed by atoms with van der Waals surface area (Å²) in [5, 5.41) is 0. The molecule has 19 heavy (non-hydrogen) atoms. The van der Waals surface area contributed by atoms with Crippen molar-refractivity contribution in [1.29, 1.82) is 0 Å². The van der Waals surface area contributed by atoms with E-state index in [0.717, 1.165) is 0 Å². The number of hydrogen-bond donors (Lipinski definition) is 0. The highest BCUT2D eigenvalue weighted by atomic mass is 16.7. The predicted molar refractivity (Wildman–Crippen MR) is 72.1 cm³/mol. The Morgan fingerprint density at radius 2 is 1.58 bits per heavy atom. The summed E-state index contributed by atoms with van der Waals surface area (Å²) in [6, 6.07) is 7.40. The zero-order valence-electron chi connectivity index (χ0n) is 11.6. The van der Waals surface area contributed by atoms with Gasteiger partial charge in [0.2, 0.25) is 0 Å². The monoisotopic (exact) mass is 260 g/mol. The van der Waals surface area contributed by atoms with E-state index in [0.29, 0.717) is 17.2 Å². The van der Waals surface area contributed by atoms with Gasteiger partial charge >= 0.3 is 7.12 Å². The molecular weight excluding hydrogens is 243 g/mol. The number of furan rings is 2. The van der Waals surface area contributed by atoms with E-state index in [1.54, 1.807) is 6.26 Å². The van der Waals surface area contributed by atoms with Crippen LogP contribution in [0.15, 0.2) is 39.4 Å². The van der Waals surface area contributed by atoms with E-state index in [2.05, 4.69) is 0 Å². The molecule has 2 aromatic rings. The minimum atomic E-state index is -0.478. The number of rotatable bonds is 2. The molecule has 1 aliphatic rings. The van der Waals surface area contributed by atoms with E-state index in [1.807, 2.05) is 52.0 Å². The van der Waals surface area contributed by atoms with Gasteiger partial charge in [0.05, 0.1) is 17.5 Å². The Morgan fingerprint density at radius 1 is 0.895 bits per heavy atom. The van der Waals surface area contributed by atoms with Crippen LogP contribution in [-0.4, -0.2) is 18.3 Å². The molecule has 0 radical (unpaired) electrons. The lowest BCUT2D eigenvalue weighted by molar-refractivity contribution is 0.00578. The summed E-state index contributed by atoms with van der Waals surface area (Å²) in [5.41, 5.74) is -0.0741. The van der Waals surface area contributed by atoms with Crippen LogP contribution in [0.5, 0.6) is 0 Å². The first kappa shape index (κ1) is 12.6. The maximum absolute atomic E-state index is 5.93. The summed E-state index contributed by atoms with van der Waals surface area (Å²) >= 11 is 0. The maximum atomic E-state index is 5.93. The van der Waals surface area contributed by atoms with Crippen molar-refractivity contribution in [3.05, 3.63) is 30.5 Å². The first-order valence-corrected chi connectivity index (χ1v) is 6.38. The second kappa shape index (κ2) is 4.02. The van der Waals surface area contributed by atoms with Gasteiger partial charge in [-0.15, -0.1) is 0 Å². The molecule has 0 atom stereocenters. The van der Waals surface area contributed by atoms with Gasteiger partial charge in [-0.3, -0.25) is 0 Å². The molecule has 0 aliphatic carbocycles. The Balaban J connectivity index is 1.85. The van der Waals surface area contributed by atoms with Crippen molar-refractivity contribution in [2.45, 2.75) is 38.9 Å². The zero-order valence-corrected chi connectivity index (χ0v) is 11.6. The van der Waals surface area contributed by atoms with Crippen molar-refractivity contribution in [2.24, 2.45) is 0 Å². The van der Waals surface area contributed by atoms with Gasteiger partial charge in [0, 0.05) is 0 Å². The quantitative estimate of drug-likeness (QED) is 0.779. The molecule has 0 amide bonds. The van der Waals surface area contributed by atoms with E-state index < -0.39 is 7.12 Å². The zero-order chi connectivity index (χ0) is 13.7. The average molecular weight is 260 g/mol. The van der Waals surface area contributed by atoms with Crippen molar-refractivity contribution < 1.29 is 18.1 Å². The SMILES string of the molecule is CC1(C)OB(c2ccc(-c3ccco3)o2)OC1(C)C. The Morgan fingerprint density at radius 3 is 2.16 bits per heavy atom. The standard InChI is InChI=1S/C14H17BO4/c1-13(2)14(3,4)19-15(18-13)12-8-7-11(17-12)10-6-5-9-16-10/h5-9H,1-4H3. The summed E-state index contributed by atoms with van der Waals surface area (Å²) in [7, 11) is -0.478. The van der Waals surface area contributed by atoms with Gasteiger partial charge in [-0.1, -0.05) is 0 Å². The summed E-state index contributed by atoms with van der Waals surface area (Å²) < 4.78 is 22.9. The molecule has 0 bridgehead atoms. The van der Waals surface area contributed by atoms with Crippen molar-refractivity contribution in [3.63, 3.8) is 0 Å². The van der Waals surface area contributed by atoms with Crippen LogP contribution in [0, 0.1) is 0 Å². The first-order valence-electron chi connectivity index (χ1n) is 6.38. The molecular formula is C14H17BO4. The van der Waals surface area contributed by atoms with E-state index >= 15 is 0 Å². The third-order valence-electron chi connectivity index (χ3n) is 3.88. The normalized spacial score (nSPS) is 20.9. The molecule has 1 fully saturated rings. The van der Waals surface area contributed by atoms with Crippen molar-refractivity contribution in [2.75, 3.05) is 0 Å². The molecule has 0 saturated carbocycles. The van der Waals surface area contributed by atoms with Crippen LogP contribution in [0.25, 0.3) is 11.5 Å². The van der Waals surface area contributed by atoms with Gasteiger partial charge in [-0.05, 0) is 52.0 Å². The third kappa shape index (κ3) is 2.03. The largest absolute Gasteiger partial charge is 0.532 e. The molecule has 3 heterocycles. The molecule has 0 spiro atoms. The molecule has 5 heteroatoms. The third-order valence-corrected chi connectivity index (χ3v) is 3.88. The molecule has 4 nitrogen and oxygen atoms in total. The van der Waals surface area contributed by atoms with Crippen LogP contribution in [0.1, 0.15) is 27.7 Å². The molecule has 0 N–H and O–H groups in total. The van der Waals surface area contributed by atoms with E-state index in [-0.39, 0.29) is 11.2 Å². The highest BCUT2D eigenvalue weighted by Gasteiger charge is 2.53. The van der Waals surface area contributed by atoms with Crippen LogP contribution in [0.2, 0.25) is 0 Å². The molecule has 1 saturated heterocycles. The molecule has 3 rings (SSSR count). The van der Waals surface area contributed by atoms with Crippen LogP contribution in [0.4, 0.5) is 0 Å². The van der Waals surface area contributed by atoms with Crippen LogP contribution in [0.3, 0.4) is 0 Å². The lowest BCUT2D eigenvalue weighted by Crippen LogP contribution is -2.41. The fourth-order valence-corrected chi connectivity index (χ4v) is 1.99. The fraction of sp³-hybridized carbons (Fsp3) is 0.429. The molecule has 1 aliphatic heterocycles. The van der Waals surface area contributed by atoms with E-state index in [4.69, 9.17) is 18.1 Å². The molecule has 0 unspecified atom stereocenters. The molecule has 100 valence electrons. The van der Waals surface area contributed by atoms with Crippen LogP contribution in [-0.2, 0) is 9.31 Å². The van der Waals surface area contributed by atoms with E-state index in [1.165, 1.54) is 0 Å². The Labute approximate surface area is 112 Å². The fourth-order valence-electron chi connectivity index (χ4n) is 1.99. The van der Waals surface area contributed by atoms with Gasteiger partial charge in [0.1, 0.15) is 5.66 Å².